The monoisotopic (exact) mass is 295 g/mol. The molecule has 1 aliphatic rings. The molecule has 118 valence electrons. The first kappa shape index (κ1) is 15.9. The molecular formula is C16H25NO4. The van der Waals surface area contributed by atoms with Crippen LogP contribution in [0.5, 0.6) is 17.2 Å². The summed E-state index contributed by atoms with van der Waals surface area (Å²) in [6.45, 7) is 1.62. The lowest BCUT2D eigenvalue weighted by Gasteiger charge is -2.31. The summed E-state index contributed by atoms with van der Waals surface area (Å²) in [6.07, 6.45) is 2.24. The number of methoxy groups -OCH3 is 3. The predicted molar refractivity (Wildman–Crippen MR) is 81.4 cm³/mol. The summed E-state index contributed by atoms with van der Waals surface area (Å²) in [4.78, 5) is 0. The fourth-order valence-electron chi connectivity index (χ4n) is 2.97. The zero-order valence-corrected chi connectivity index (χ0v) is 13.3. The highest BCUT2D eigenvalue weighted by atomic mass is 16.5. The van der Waals surface area contributed by atoms with Crippen molar-refractivity contribution in [1.82, 2.24) is 5.32 Å². The van der Waals surface area contributed by atoms with Crippen LogP contribution in [0.3, 0.4) is 0 Å². The lowest BCUT2D eigenvalue weighted by molar-refractivity contribution is 0.0398. The third kappa shape index (κ3) is 3.41. The van der Waals surface area contributed by atoms with Crippen molar-refractivity contribution in [2.45, 2.75) is 18.9 Å². The Morgan fingerprint density at radius 3 is 2.29 bits per heavy atom. The van der Waals surface area contributed by atoms with Crippen molar-refractivity contribution in [3.05, 3.63) is 17.7 Å². The van der Waals surface area contributed by atoms with Crippen LogP contribution in [0.1, 0.15) is 24.4 Å². The van der Waals surface area contributed by atoms with Gasteiger partial charge >= 0.3 is 0 Å². The van der Waals surface area contributed by atoms with Crippen LogP contribution in [0, 0.1) is 5.92 Å². The molecule has 1 saturated heterocycles. The van der Waals surface area contributed by atoms with E-state index in [1.165, 1.54) is 0 Å². The van der Waals surface area contributed by atoms with E-state index in [2.05, 4.69) is 5.32 Å². The zero-order valence-electron chi connectivity index (χ0n) is 13.3. The van der Waals surface area contributed by atoms with Crippen molar-refractivity contribution >= 4 is 0 Å². The van der Waals surface area contributed by atoms with Gasteiger partial charge in [0.15, 0.2) is 11.5 Å². The van der Waals surface area contributed by atoms with Crippen LogP contribution in [0.4, 0.5) is 0 Å². The minimum absolute atomic E-state index is 0.167. The minimum atomic E-state index is 0.167. The summed E-state index contributed by atoms with van der Waals surface area (Å²) >= 11 is 0. The molecule has 1 fully saturated rings. The molecule has 0 bridgehead atoms. The molecule has 1 heterocycles. The lowest BCUT2D eigenvalue weighted by Crippen LogP contribution is -2.31. The number of nitrogens with one attached hydrogen (secondary N) is 1. The highest BCUT2D eigenvalue weighted by Gasteiger charge is 2.28. The average Bonchev–Trinajstić information content (AvgIpc) is 2.56. The Morgan fingerprint density at radius 1 is 1.10 bits per heavy atom. The fraction of sp³-hybridized carbons (Fsp3) is 0.625. The molecule has 0 amide bonds. The van der Waals surface area contributed by atoms with Crippen molar-refractivity contribution in [1.29, 1.82) is 0 Å². The zero-order chi connectivity index (χ0) is 15.2. The van der Waals surface area contributed by atoms with Gasteiger partial charge in [-0.05, 0) is 26.0 Å². The van der Waals surface area contributed by atoms with Crippen LogP contribution in [0.2, 0.25) is 0 Å². The highest BCUT2D eigenvalue weighted by molar-refractivity contribution is 5.52. The van der Waals surface area contributed by atoms with Crippen LogP contribution < -0.4 is 19.5 Å². The molecule has 2 atom stereocenters. The van der Waals surface area contributed by atoms with Gasteiger partial charge < -0.3 is 24.3 Å². The van der Waals surface area contributed by atoms with Gasteiger partial charge in [0, 0.05) is 30.2 Å². The Balaban J connectivity index is 2.38. The third-order valence-electron chi connectivity index (χ3n) is 4.05. The van der Waals surface area contributed by atoms with Crippen molar-refractivity contribution in [2.24, 2.45) is 5.92 Å². The largest absolute Gasteiger partial charge is 0.496 e. The quantitative estimate of drug-likeness (QED) is 0.873. The fourth-order valence-corrected chi connectivity index (χ4v) is 2.97. The number of hydrogen-bond acceptors (Lipinski definition) is 5. The summed E-state index contributed by atoms with van der Waals surface area (Å²) in [5.74, 6) is 2.62. The van der Waals surface area contributed by atoms with Gasteiger partial charge in [-0.15, -0.1) is 0 Å². The van der Waals surface area contributed by atoms with E-state index < -0.39 is 0 Å². The van der Waals surface area contributed by atoms with E-state index in [4.69, 9.17) is 18.9 Å². The maximum atomic E-state index is 5.62. The Morgan fingerprint density at radius 2 is 1.76 bits per heavy atom. The smallest absolute Gasteiger partial charge is 0.164 e. The van der Waals surface area contributed by atoms with Gasteiger partial charge in [0.05, 0.1) is 27.9 Å². The number of benzene rings is 1. The molecule has 21 heavy (non-hydrogen) atoms. The van der Waals surface area contributed by atoms with Crippen LogP contribution in [-0.2, 0) is 4.74 Å². The van der Waals surface area contributed by atoms with Gasteiger partial charge in [-0.3, -0.25) is 0 Å². The Labute approximate surface area is 126 Å². The summed E-state index contributed by atoms with van der Waals surface area (Å²) in [5, 5.41) is 3.40. The number of ether oxygens (including phenoxy) is 4. The normalized spacial score (nSPS) is 19.9. The molecule has 0 spiro atoms. The molecule has 1 aromatic carbocycles. The molecule has 0 saturated carbocycles. The maximum Gasteiger partial charge on any atom is 0.164 e. The van der Waals surface area contributed by atoms with Crippen molar-refractivity contribution in [2.75, 3.05) is 41.6 Å². The van der Waals surface area contributed by atoms with E-state index in [0.717, 1.165) is 37.4 Å². The van der Waals surface area contributed by atoms with Gasteiger partial charge in [0.1, 0.15) is 5.75 Å². The molecular weight excluding hydrogens is 270 g/mol. The Hall–Kier alpha value is -1.46. The van der Waals surface area contributed by atoms with Crippen LogP contribution in [0.25, 0.3) is 0 Å². The molecule has 1 aromatic rings. The summed E-state index contributed by atoms with van der Waals surface area (Å²) in [5.41, 5.74) is 1.08. The third-order valence-corrected chi connectivity index (χ3v) is 4.05. The van der Waals surface area contributed by atoms with Crippen LogP contribution >= 0.6 is 0 Å². The number of rotatable bonds is 6. The summed E-state index contributed by atoms with van der Waals surface area (Å²) < 4.78 is 21.9. The van der Waals surface area contributed by atoms with Gasteiger partial charge in [-0.1, -0.05) is 0 Å². The first-order chi connectivity index (χ1) is 10.2. The Kier molecular flexibility index (Phi) is 5.70. The molecule has 2 rings (SSSR count). The first-order valence-corrected chi connectivity index (χ1v) is 7.30. The lowest BCUT2D eigenvalue weighted by atomic mass is 9.88. The van der Waals surface area contributed by atoms with E-state index >= 15 is 0 Å². The van der Waals surface area contributed by atoms with Crippen molar-refractivity contribution in [3.8, 4) is 17.2 Å². The summed E-state index contributed by atoms with van der Waals surface area (Å²) in [6, 6.07) is 4.04. The first-order valence-electron chi connectivity index (χ1n) is 7.30. The van der Waals surface area contributed by atoms with Gasteiger partial charge in [0.25, 0.3) is 0 Å². The molecule has 1 aliphatic heterocycles. The number of hydrogen-bond donors (Lipinski definition) is 1. The Bertz CT molecular complexity index is 458. The van der Waals surface area contributed by atoms with E-state index in [1.807, 2.05) is 19.2 Å². The average molecular weight is 295 g/mol. The van der Waals surface area contributed by atoms with E-state index in [1.54, 1.807) is 21.3 Å². The molecule has 2 unspecified atom stereocenters. The minimum Gasteiger partial charge on any atom is -0.496 e. The molecule has 0 aromatic heterocycles. The molecule has 5 heteroatoms. The predicted octanol–water partition coefficient (Wildman–Crippen LogP) is 2.40. The standard InChI is InChI=1S/C16H25NO4/c1-17-16(11-6-5-7-21-10-11)12-8-14(19-3)15(20-4)9-13(12)18-2/h8-9,11,16-17H,5-7,10H2,1-4H3. The second-order valence-corrected chi connectivity index (χ2v) is 5.19. The molecule has 5 nitrogen and oxygen atoms in total. The molecule has 0 aliphatic carbocycles. The van der Waals surface area contributed by atoms with E-state index in [9.17, 15) is 0 Å². The van der Waals surface area contributed by atoms with E-state index in [-0.39, 0.29) is 6.04 Å². The van der Waals surface area contributed by atoms with Crippen molar-refractivity contribution in [3.63, 3.8) is 0 Å². The molecule has 0 radical (unpaired) electrons. The second-order valence-electron chi connectivity index (χ2n) is 5.19. The maximum absolute atomic E-state index is 5.62. The topological polar surface area (TPSA) is 49.0 Å². The SMILES string of the molecule is CNC(c1cc(OC)c(OC)cc1OC)C1CCCOC1. The second kappa shape index (κ2) is 7.52. The van der Waals surface area contributed by atoms with Gasteiger partial charge in [-0.2, -0.15) is 0 Å². The highest BCUT2D eigenvalue weighted by Crippen LogP contribution is 2.40. The van der Waals surface area contributed by atoms with Crippen LogP contribution in [-0.4, -0.2) is 41.6 Å². The summed E-state index contributed by atoms with van der Waals surface area (Å²) in [7, 11) is 6.91. The molecule has 1 N–H and O–H groups in total. The van der Waals surface area contributed by atoms with Crippen molar-refractivity contribution < 1.29 is 18.9 Å². The van der Waals surface area contributed by atoms with Gasteiger partial charge in [-0.25, -0.2) is 0 Å². The van der Waals surface area contributed by atoms with E-state index in [0.29, 0.717) is 17.4 Å². The van der Waals surface area contributed by atoms with Gasteiger partial charge in [0.2, 0.25) is 0 Å². The van der Waals surface area contributed by atoms with Crippen LogP contribution in [0.15, 0.2) is 12.1 Å².